The Bertz CT molecular complexity index is 546. The molecule has 1 heterocycles. The van der Waals surface area contributed by atoms with Crippen LogP contribution in [0.15, 0.2) is 18.2 Å². The summed E-state index contributed by atoms with van der Waals surface area (Å²) in [7, 11) is 0. The van der Waals surface area contributed by atoms with Gasteiger partial charge in [0, 0.05) is 17.6 Å². The molecule has 0 aromatic heterocycles. The first kappa shape index (κ1) is 15.6. The summed E-state index contributed by atoms with van der Waals surface area (Å²) >= 11 is 5.84. The van der Waals surface area contributed by atoms with Crippen LogP contribution >= 0.6 is 11.6 Å². The Kier molecular flexibility index (Phi) is 5.07. The van der Waals surface area contributed by atoms with E-state index in [1.807, 2.05) is 6.92 Å². The second kappa shape index (κ2) is 6.80. The fourth-order valence-electron chi connectivity index (χ4n) is 2.48. The molecule has 1 saturated heterocycles. The Hall–Kier alpha value is -1.75. The van der Waals surface area contributed by atoms with Crippen LogP contribution < -0.4 is 4.74 Å². The summed E-state index contributed by atoms with van der Waals surface area (Å²) in [6.07, 6.45) is 3.11. The van der Waals surface area contributed by atoms with E-state index in [-0.39, 0.29) is 29.9 Å². The van der Waals surface area contributed by atoms with Crippen molar-refractivity contribution in [3.8, 4) is 5.75 Å². The Morgan fingerprint density at radius 2 is 2.19 bits per heavy atom. The molecule has 1 aromatic rings. The highest BCUT2D eigenvalue weighted by atomic mass is 35.5. The highest BCUT2D eigenvalue weighted by Crippen LogP contribution is 2.24. The van der Waals surface area contributed by atoms with E-state index >= 15 is 0 Å². The van der Waals surface area contributed by atoms with Crippen molar-refractivity contribution in [3.63, 3.8) is 0 Å². The van der Waals surface area contributed by atoms with Crippen LogP contribution in [0.4, 0.5) is 0 Å². The van der Waals surface area contributed by atoms with Gasteiger partial charge in [0.1, 0.15) is 11.3 Å². The van der Waals surface area contributed by atoms with E-state index in [0.717, 1.165) is 25.8 Å². The molecular formula is C15H18ClNO4. The van der Waals surface area contributed by atoms with Gasteiger partial charge in [-0.1, -0.05) is 11.6 Å². The third-order valence-electron chi connectivity index (χ3n) is 3.65. The summed E-state index contributed by atoms with van der Waals surface area (Å²) in [6.45, 7) is 2.56. The van der Waals surface area contributed by atoms with Crippen molar-refractivity contribution in [2.24, 2.45) is 0 Å². The molecule has 1 atom stereocenters. The number of rotatable bonds is 4. The molecule has 114 valence electrons. The average Bonchev–Trinajstić information content (AvgIpc) is 2.45. The zero-order valence-electron chi connectivity index (χ0n) is 11.8. The summed E-state index contributed by atoms with van der Waals surface area (Å²) in [5.74, 6) is -1.12. The van der Waals surface area contributed by atoms with Crippen LogP contribution in [0.2, 0.25) is 5.02 Å². The summed E-state index contributed by atoms with van der Waals surface area (Å²) in [6, 6.07) is 4.46. The highest BCUT2D eigenvalue weighted by molar-refractivity contribution is 6.30. The molecule has 1 unspecified atom stereocenters. The number of halogens is 1. The predicted molar refractivity (Wildman–Crippen MR) is 78.9 cm³/mol. The molecule has 1 N–H and O–H groups in total. The number of likely N-dealkylation sites (tertiary alicyclic amines) is 1. The van der Waals surface area contributed by atoms with E-state index in [4.69, 9.17) is 21.4 Å². The molecular weight excluding hydrogens is 294 g/mol. The van der Waals surface area contributed by atoms with E-state index < -0.39 is 5.97 Å². The average molecular weight is 312 g/mol. The predicted octanol–water partition coefficient (Wildman–Crippen LogP) is 2.82. The second-order valence-corrected chi connectivity index (χ2v) is 5.60. The third kappa shape index (κ3) is 3.88. The third-order valence-corrected chi connectivity index (χ3v) is 3.88. The number of hydrogen-bond donors (Lipinski definition) is 1. The molecule has 21 heavy (non-hydrogen) atoms. The summed E-state index contributed by atoms with van der Waals surface area (Å²) in [4.78, 5) is 25.1. The van der Waals surface area contributed by atoms with Crippen LogP contribution in [0, 0.1) is 0 Å². The quantitative estimate of drug-likeness (QED) is 0.928. The van der Waals surface area contributed by atoms with Crippen LogP contribution in [-0.2, 0) is 4.79 Å². The molecule has 1 aliphatic rings. The smallest absolute Gasteiger partial charge is 0.339 e. The fraction of sp³-hybridized carbons (Fsp3) is 0.467. The number of benzene rings is 1. The van der Waals surface area contributed by atoms with Crippen molar-refractivity contribution in [1.29, 1.82) is 0 Å². The van der Waals surface area contributed by atoms with Gasteiger partial charge in [-0.25, -0.2) is 4.79 Å². The lowest BCUT2D eigenvalue weighted by Gasteiger charge is -2.33. The number of carbonyl (C=O) groups is 2. The lowest BCUT2D eigenvalue weighted by Crippen LogP contribution is -2.44. The molecule has 0 radical (unpaired) electrons. The number of piperidine rings is 1. The number of nitrogens with zero attached hydrogens (tertiary/aromatic N) is 1. The molecule has 2 rings (SSSR count). The zero-order chi connectivity index (χ0) is 15.4. The molecule has 1 aliphatic heterocycles. The first-order chi connectivity index (χ1) is 9.99. The minimum absolute atomic E-state index is 0.00103. The van der Waals surface area contributed by atoms with E-state index in [0.29, 0.717) is 5.02 Å². The normalized spacial score (nSPS) is 18.4. The lowest BCUT2D eigenvalue weighted by molar-refractivity contribution is -0.136. The van der Waals surface area contributed by atoms with Gasteiger partial charge < -0.3 is 14.7 Å². The van der Waals surface area contributed by atoms with Crippen LogP contribution in [0.25, 0.3) is 0 Å². The second-order valence-electron chi connectivity index (χ2n) is 5.17. The van der Waals surface area contributed by atoms with Crippen molar-refractivity contribution in [2.45, 2.75) is 32.2 Å². The Labute approximate surface area is 128 Å². The zero-order valence-corrected chi connectivity index (χ0v) is 12.6. The van der Waals surface area contributed by atoms with Crippen LogP contribution in [0.5, 0.6) is 5.75 Å². The number of carbonyl (C=O) groups excluding carboxylic acids is 1. The topological polar surface area (TPSA) is 66.8 Å². The van der Waals surface area contributed by atoms with Crippen molar-refractivity contribution in [2.75, 3.05) is 13.2 Å². The molecule has 0 bridgehead atoms. The number of carboxylic acids is 1. The van der Waals surface area contributed by atoms with Gasteiger partial charge in [0.15, 0.2) is 6.61 Å². The van der Waals surface area contributed by atoms with Gasteiger partial charge in [0.05, 0.1) is 0 Å². The van der Waals surface area contributed by atoms with Gasteiger partial charge in [0.25, 0.3) is 5.91 Å². The number of ether oxygens (including phenoxy) is 1. The van der Waals surface area contributed by atoms with E-state index in [1.54, 1.807) is 4.90 Å². The van der Waals surface area contributed by atoms with Crippen LogP contribution in [-0.4, -0.2) is 41.1 Å². The molecule has 0 aliphatic carbocycles. The van der Waals surface area contributed by atoms with Crippen molar-refractivity contribution in [1.82, 2.24) is 4.90 Å². The highest BCUT2D eigenvalue weighted by Gasteiger charge is 2.24. The number of carboxylic acid groups (broad SMARTS) is 1. The molecule has 5 nitrogen and oxygen atoms in total. The van der Waals surface area contributed by atoms with Gasteiger partial charge in [0.2, 0.25) is 0 Å². The monoisotopic (exact) mass is 311 g/mol. The first-order valence-electron chi connectivity index (χ1n) is 6.94. The van der Waals surface area contributed by atoms with E-state index in [2.05, 4.69) is 0 Å². The van der Waals surface area contributed by atoms with E-state index in [9.17, 15) is 9.59 Å². The van der Waals surface area contributed by atoms with E-state index in [1.165, 1.54) is 18.2 Å². The Morgan fingerprint density at radius 3 is 2.86 bits per heavy atom. The first-order valence-corrected chi connectivity index (χ1v) is 7.32. The van der Waals surface area contributed by atoms with Gasteiger partial charge in [-0.2, -0.15) is 0 Å². The van der Waals surface area contributed by atoms with Crippen molar-refractivity contribution in [3.05, 3.63) is 28.8 Å². The summed E-state index contributed by atoms with van der Waals surface area (Å²) in [5, 5.41) is 9.46. The molecule has 1 fully saturated rings. The van der Waals surface area contributed by atoms with Gasteiger partial charge in [-0.3, -0.25) is 4.79 Å². The largest absolute Gasteiger partial charge is 0.483 e. The SMILES string of the molecule is CC1CCCCN1C(=O)COc1cc(Cl)ccc1C(=O)O. The number of amides is 1. The Morgan fingerprint density at radius 1 is 1.43 bits per heavy atom. The summed E-state index contributed by atoms with van der Waals surface area (Å²) < 4.78 is 5.39. The Balaban J connectivity index is 2.04. The van der Waals surface area contributed by atoms with Crippen LogP contribution in [0.3, 0.4) is 0 Å². The van der Waals surface area contributed by atoms with Crippen molar-refractivity contribution < 1.29 is 19.4 Å². The number of hydrogen-bond acceptors (Lipinski definition) is 3. The van der Waals surface area contributed by atoms with Crippen molar-refractivity contribution >= 4 is 23.5 Å². The van der Waals surface area contributed by atoms with Gasteiger partial charge >= 0.3 is 5.97 Å². The maximum Gasteiger partial charge on any atom is 0.339 e. The standard InChI is InChI=1S/C15H18ClNO4/c1-10-4-2-3-7-17(10)14(18)9-21-13-8-11(16)5-6-12(13)15(19)20/h5-6,8,10H,2-4,7,9H2,1H3,(H,19,20). The fourth-order valence-corrected chi connectivity index (χ4v) is 2.65. The summed E-state index contributed by atoms with van der Waals surface area (Å²) in [5.41, 5.74) is -0.00103. The van der Waals surface area contributed by atoms with Gasteiger partial charge in [-0.15, -0.1) is 0 Å². The molecule has 1 aromatic carbocycles. The molecule has 0 saturated carbocycles. The van der Waals surface area contributed by atoms with Crippen LogP contribution in [0.1, 0.15) is 36.5 Å². The maximum atomic E-state index is 12.2. The van der Waals surface area contributed by atoms with Gasteiger partial charge in [-0.05, 0) is 44.4 Å². The minimum Gasteiger partial charge on any atom is -0.483 e. The molecule has 1 amide bonds. The lowest BCUT2D eigenvalue weighted by atomic mass is 10.0. The molecule has 0 spiro atoms. The number of aromatic carboxylic acids is 1. The minimum atomic E-state index is -1.11. The maximum absolute atomic E-state index is 12.2. The molecule has 6 heteroatoms.